The van der Waals surface area contributed by atoms with Crippen molar-refractivity contribution >= 4 is 23.4 Å². The Balaban J connectivity index is 1.31. The zero-order chi connectivity index (χ0) is 29.2. The Kier molecular flexibility index (Phi) is 7.67. The molecule has 0 bridgehead atoms. The third kappa shape index (κ3) is 6.16. The van der Waals surface area contributed by atoms with Gasteiger partial charge in [-0.3, -0.25) is 9.59 Å². The lowest BCUT2D eigenvalue weighted by atomic mass is 9.93. The Bertz CT molecular complexity index is 1550. The number of carbonyl (C=O) groups excluding carboxylic acids is 2. The zero-order valence-corrected chi connectivity index (χ0v) is 24.2. The second-order valence-electron chi connectivity index (χ2n) is 11.7. The molecule has 8 heteroatoms. The maximum atomic E-state index is 12.6. The molecule has 0 spiro atoms. The molecule has 2 aromatic heterocycles. The van der Waals surface area contributed by atoms with Crippen LogP contribution >= 0.6 is 0 Å². The van der Waals surface area contributed by atoms with Crippen molar-refractivity contribution in [2.75, 3.05) is 18.5 Å². The number of carbonyl (C=O) groups is 2. The predicted molar refractivity (Wildman–Crippen MR) is 159 cm³/mol. The van der Waals surface area contributed by atoms with Crippen molar-refractivity contribution in [3.63, 3.8) is 0 Å². The van der Waals surface area contributed by atoms with Gasteiger partial charge in [-0.2, -0.15) is 0 Å². The normalized spacial score (nSPS) is 13.9. The van der Waals surface area contributed by atoms with E-state index >= 15 is 0 Å². The molecule has 2 heterocycles. The van der Waals surface area contributed by atoms with E-state index in [1.165, 1.54) is 0 Å². The first-order valence-corrected chi connectivity index (χ1v) is 14.0. The number of nitrogens with one attached hydrogen (secondary N) is 2. The molecule has 0 radical (unpaired) electrons. The number of aryl methyl sites for hydroxylation is 1. The SMILES string of the molecule is CCOC(=O)C1(c2ccc(-c3ccc(-c4onc(C)c4Nc4cccc(C(=O)NCC(C)(C)C)n4)cc3)cc2)CC1. The van der Waals surface area contributed by atoms with Gasteiger partial charge in [0.25, 0.3) is 5.91 Å². The number of benzene rings is 2. The van der Waals surface area contributed by atoms with Crippen LogP contribution in [0.5, 0.6) is 0 Å². The molecule has 0 atom stereocenters. The van der Waals surface area contributed by atoms with E-state index in [-0.39, 0.29) is 17.3 Å². The van der Waals surface area contributed by atoms with E-state index in [1.54, 1.807) is 18.2 Å². The highest BCUT2D eigenvalue weighted by molar-refractivity contribution is 5.93. The predicted octanol–water partition coefficient (Wildman–Crippen LogP) is 6.83. The third-order valence-corrected chi connectivity index (χ3v) is 7.21. The molecular weight excluding hydrogens is 516 g/mol. The molecule has 212 valence electrons. The maximum Gasteiger partial charge on any atom is 0.316 e. The first kappa shape index (κ1) is 28.1. The quantitative estimate of drug-likeness (QED) is 0.219. The molecule has 5 rings (SSSR count). The number of hydrogen-bond acceptors (Lipinski definition) is 7. The second-order valence-corrected chi connectivity index (χ2v) is 11.7. The van der Waals surface area contributed by atoms with Crippen LogP contribution in [0.25, 0.3) is 22.5 Å². The molecule has 1 amide bonds. The number of anilines is 2. The van der Waals surface area contributed by atoms with E-state index in [4.69, 9.17) is 9.26 Å². The van der Waals surface area contributed by atoms with Gasteiger partial charge in [-0.1, -0.05) is 80.5 Å². The number of pyridine rings is 1. The summed E-state index contributed by atoms with van der Waals surface area (Å²) in [6.45, 7) is 10.8. The van der Waals surface area contributed by atoms with Crippen LogP contribution < -0.4 is 10.6 Å². The Morgan fingerprint density at radius 2 is 1.59 bits per heavy atom. The molecule has 2 aromatic carbocycles. The minimum absolute atomic E-state index is 0.0253. The molecule has 0 aliphatic heterocycles. The van der Waals surface area contributed by atoms with Crippen LogP contribution in [0.3, 0.4) is 0 Å². The first-order valence-electron chi connectivity index (χ1n) is 14.0. The van der Waals surface area contributed by atoms with Crippen LogP contribution in [-0.2, 0) is 14.9 Å². The number of amides is 1. The van der Waals surface area contributed by atoms with E-state index < -0.39 is 5.41 Å². The number of ether oxygens (including phenoxy) is 1. The van der Waals surface area contributed by atoms with Crippen LogP contribution in [0, 0.1) is 12.3 Å². The van der Waals surface area contributed by atoms with Gasteiger partial charge in [0, 0.05) is 12.1 Å². The summed E-state index contributed by atoms with van der Waals surface area (Å²) in [5.41, 5.74) is 5.16. The number of esters is 1. The van der Waals surface area contributed by atoms with Crippen LogP contribution in [0.2, 0.25) is 0 Å². The van der Waals surface area contributed by atoms with Crippen LogP contribution in [0.15, 0.2) is 71.3 Å². The van der Waals surface area contributed by atoms with E-state index in [0.717, 1.165) is 35.1 Å². The van der Waals surface area contributed by atoms with Gasteiger partial charge in [-0.05, 0) is 60.9 Å². The van der Waals surface area contributed by atoms with Crippen molar-refractivity contribution in [2.45, 2.75) is 52.9 Å². The minimum Gasteiger partial charge on any atom is -0.465 e. The minimum atomic E-state index is -0.476. The molecule has 1 fully saturated rings. The number of nitrogens with zero attached hydrogens (tertiary/aromatic N) is 2. The molecular formula is C33H36N4O4. The Morgan fingerprint density at radius 3 is 2.20 bits per heavy atom. The van der Waals surface area contributed by atoms with Gasteiger partial charge in [-0.25, -0.2) is 4.98 Å². The zero-order valence-electron chi connectivity index (χ0n) is 24.2. The lowest BCUT2D eigenvalue weighted by Crippen LogP contribution is -2.32. The third-order valence-electron chi connectivity index (χ3n) is 7.21. The summed E-state index contributed by atoms with van der Waals surface area (Å²) in [5, 5.41) is 10.4. The highest BCUT2D eigenvalue weighted by Gasteiger charge is 2.52. The maximum absolute atomic E-state index is 12.6. The number of aromatic nitrogens is 2. The van der Waals surface area contributed by atoms with Gasteiger partial charge >= 0.3 is 5.97 Å². The molecule has 0 unspecified atom stereocenters. The Labute approximate surface area is 240 Å². The second kappa shape index (κ2) is 11.2. The number of rotatable bonds is 9. The monoisotopic (exact) mass is 552 g/mol. The van der Waals surface area contributed by atoms with Crippen molar-refractivity contribution < 1.29 is 18.8 Å². The van der Waals surface area contributed by atoms with E-state index in [0.29, 0.717) is 41.8 Å². The molecule has 0 saturated heterocycles. The molecule has 4 aromatic rings. The largest absolute Gasteiger partial charge is 0.465 e. The summed E-state index contributed by atoms with van der Waals surface area (Å²) in [5.74, 6) is 0.755. The smallest absolute Gasteiger partial charge is 0.316 e. The van der Waals surface area contributed by atoms with Crippen LogP contribution in [0.4, 0.5) is 11.5 Å². The van der Waals surface area contributed by atoms with E-state index in [2.05, 4.69) is 41.5 Å². The van der Waals surface area contributed by atoms with E-state index in [1.807, 2.05) is 62.4 Å². The summed E-state index contributed by atoms with van der Waals surface area (Å²) < 4.78 is 11.0. The van der Waals surface area contributed by atoms with Crippen LogP contribution in [-0.4, -0.2) is 35.2 Å². The summed E-state index contributed by atoms with van der Waals surface area (Å²) in [4.78, 5) is 29.6. The van der Waals surface area contributed by atoms with Crippen molar-refractivity contribution in [2.24, 2.45) is 5.41 Å². The lowest BCUT2D eigenvalue weighted by molar-refractivity contribution is -0.146. The average Bonchev–Trinajstić information content (AvgIpc) is 3.71. The van der Waals surface area contributed by atoms with Crippen molar-refractivity contribution in [1.82, 2.24) is 15.5 Å². The van der Waals surface area contributed by atoms with Crippen molar-refractivity contribution in [3.05, 3.63) is 83.7 Å². The van der Waals surface area contributed by atoms with Crippen molar-refractivity contribution in [3.8, 4) is 22.5 Å². The molecule has 41 heavy (non-hydrogen) atoms. The van der Waals surface area contributed by atoms with Crippen LogP contribution in [0.1, 0.15) is 62.3 Å². The lowest BCUT2D eigenvalue weighted by Gasteiger charge is -2.18. The average molecular weight is 553 g/mol. The molecule has 2 N–H and O–H groups in total. The highest BCUT2D eigenvalue weighted by atomic mass is 16.5. The first-order chi connectivity index (χ1) is 19.6. The topological polar surface area (TPSA) is 106 Å². The summed E-state index contributed by atoms with van der Waals surface area (Å²) in [7, 11) is 0. The standard InChI is InChI=1S/C33H36N4O4/c1-6-40-31(39)33(18-19-33)25-16-14-23(15-17-25)22-10-12-24(13-11-22)29-28(21(2)37-41-29)36-27-9-7-8-26(35-27)30(38)34-20-32(3,4)5/h7-17H,6,18-20H2,1-5H3,(H,34,38)(H,35,36). The van der Waals surface area contributed by atoms with Crippen molar-refractivity contribution in [1.29, 1.82) is 0 Å². The van der Waals surface area contributed by atoms with Gasteiger partial charge in [-0.15, -0.1) is 0 Å². The fourth-order valence-electron chi connectivity index (χ4n) is 4.71. The Morgan fingerprint density at radius 1 is 0.951 bits per heavy atom. The van der Waals surface area contributed by atoms with Gasteiger partial charge in [0.05, 0.1) is 12.0 Å². The molecule has 1 saturated carbocycles. The fourth-order valence-corrected chi connectivity index (χ4v) is 4.71. The Hall–Kier alpha value is -4.46. The summed E-state index contributed by atoms with van der Waals surface area (Å²) >= 11 is 0. The summed E-state index contributed by atoms with van der Waals surface area (Å²) in [6.07, 6.45) is 1.66. The fraction of sp³-hybridized carbons (Fsp3) is 0.333. The number of hydrogen-bond donors (Lipinski definition) is 2. The summed E-state index contributed by atoms with van der Waals surface area (Å²) in [6, 6.07) is 21.5. The van der Waals surface area contributed by atoms with Gasteiger partial charge in [0.1, 0.15) is 22.9 Å². The van der Waals surface area contributed by atoms with Gasteiger partial charge < -0.3 is 19.9 Å². The molecule has 8 nitrogen and oxygen atoms in total. The molecule has 1 aliphatic carbocycles. The molecule has 1 aliphatic rings. The van der Waals surface area contributed by atoms with Gasteiger partial charge in [0.2, 0.25) is 0 Å². The highest BCUT2D eigenvalue weighted by Crippen LogP contribution is 2.49. The van der Waals surface area contributed by atoms with E-state index in [9.17, 15) is 9.59 Å². The van der Waals surface area contributed by atoms with Gasteiger partial charge in [0.15, 0.2) is 5.76 Å².